The van der Waals surface area contributed by atoms with E-state index in [9.17, 15) is 14.4 Å². The van der Waals surface area contributed by atoms with Crippen molar-refractivity contribution in [3.05, 3.63) is 77.6 Å². The Hall–Kier alpha value is -3.39. The number of para-hydroxylation sites is 1. The van der Waals surface area contributed by atoms with Crippen molar-refractivity contribution in [2.75, 3.05) is 11.9 Å². The number of carbonyl (C=O) groups excluding carboxylic acids is 1. The molecule has 0 unspecified atom stereocenters. The van der Waals surface area contributed by atoms with Gasteiger partial charge < -0.3 is 10.1 Å². The van der Waals surface area contributed by atoms with Crippen molar-refractivity contribution in [1.29, 1.82) is 5.26 Å². The molecule has 1 N–H and O–H groups in total. The van der Waals surface area contributed by atoms with E-state index >= 15 is 0 Å². The molecule has 2 aromatic carbocycles. The number of nitrogens with one attached hydrogen (secondary N) is 1. The van der Waals surface area contributed by atoms with Crippen LogP contribution in [0.1, 0.15) is 18.1 Å². The molecule has 0 atom stereocenters. The Morgan fingerprint density at radius 3 is 2.77 bits per heavy atom. The van der Waals surface area contributed by atoms with E-state index in [4.69, 9.17) is 4.74 Å². The van der Waals surface area contributed by atoms with Crippen molar-refractivity contribution < 1.29 is 13.9 Å². The molecule has 0 radical (unpaired) electrons. The third kappa shape index (κ3) is 4.81. The van der Waals surface area contributed by atoms with Gasteiger partial charge in [0.05, 0.1) is 12.3 Å². The molecule has 0 heterocycles. The second-order valence-corrected chi connectivity index (χ2v) is 5.40. The molecule has 5 heteroatoms. The molecule has 0 aliphatic carbocycles. The third-order valence-electron chi connectivity index (χ3n) is 3.55. The first-order valence-corrected chi connectivity index (χ1v) is 8.13. The molecular formula is C21H19FN2O2. The summed E-state index contributed by atoms with van der Waals surface area (Å²) >= 11 is 0. The van der Waals surface area contributed by atoms with Gasteiger partial charge >= 0.3 is 0 Å². The average molecular weight is 350 g/mol. The van der Waals surface area contributed by atoms with Crippen LogP contribution in [0.2, 0.25) is 0 Å². The zero-order valence-corrected chi connectivity index (χ0v) is 14.5. The van der Waals surface area contributed by atoms with Crippen LogP contribution in [0, 0.1) is 17.1 Å². The Morgan fingerprint density at radius 1 is 1.35 bits per heavy atom. The summed E-state index contributed by atoms with van der Waals surface area (Å²) in [4.78, 5) is 12.3. The predicted octanol–water partition coefficient (Wildman–Crippen LogP) is 4.50. The standard InChI is InChI=1S/C21H19FN2O2/c1-3-7-16-12-15(10-11-20(16)26-4-2)13-17(14-23)21(25)24-19-9-6-5-8-18(19)22/h3,5-6,8-13H,1,4,7H2,2H3,(H,24,25)/b17-13-. The van der Waals surface area contributed by atoms with Crippen LogP contribution >= 0.6 is 0 Å². The minimum absolute atomic E-state index is 0.0256. The summed E-state index contributed by atoms with van der Waals surface area (Å²) in [7, 11) is 0. The minimum atomic E-state index is -0.670. The zero-order valence-electron chi connectivity index (χ0n) is 14.5. The van der Waals surface area contributed by atoms with E-state index in [1.165, 1.54) is 24.3 Å². The number of anilines is 1. The van der Waals surface area contributed by atoms with E-state index in [1.807, 2.05) is 19.1 Å². The van der Waals surface area contributed by atoms with Crippen LogP contribution in [-0.2, 0) is 11.2 Å². The number of hydrogen-bond donors (Lipinski definition) is 1. The van der Waals surface area contributed by atoms with E-state index in [-0.39, 0.29) is 11.3 Å². The summed E-state index contributed by atoms with van der Waals surface area (Å²) in [5.41, 5.74) is 1.48. The SMILES string of the molecule is C=CCc1cc(/C=C(/C#N)C(=O)Nc2ccccc2F)ccc1OCC. The average Bonchev–Trinajstić information content (AvgIpc) is 2.64. The molecule has 0 saturated heterocycles. The first-order valence-electron chi connectivity index (χ1n) is 8.13. The van der Waals surface area contributed by atoms with E-state index in [1.54, 1.807) is 24.3 Å². The van der Waals surface area contributed by atoms with Crippen LogP contribution < -0.4 is 10.1 Å². The molecule has 2 aromatic rings. The lowest BCUT2D eigenvalue weighted by atomic mass is 10.0. The van der Waals surface area contributed by atoms with E-state index in [2.05, 4.69) is 11.9 Å². The summed E-state index contributed by atoms with van der Waals surface area (Å²) < 4.78 is 19.2. The fourth-order valence-corrected chi connectivity index (χ4v) is 2.37. The molecule has 26 heavy (non-hydrogen) atoms. The van der Waals surface area contributed by atoms with Gasteiger partial charge in [-0.1, -0.05) is 24.3 Å². The molecule has 0 aliphatic heterocycles. The molecule has 2 rings (SSSR count). The van der Waals surface area contributed by atoms with Crippen molar-refractivity contribution in [3.63, 3.8) is 0 Å². The summed E-state index contributed by atoms with van der Waals surface area (Å²) in [5, 5.41) is 11.7. The number of amides is 1. The van der Waals surface area contributed by atoms with Crippen LogP contribution in [0.15, 0.2) is 60.7 Å². The quantitative estimate of drug-likeness (QED) is 0.454. The molecule has 132 valence electrons. The van der Waals surface area contributed by atoms with Crippen LogP contribution in [0.25, 0.3) is 6.08 Å². The van der Waals surface area contributed by atoms with Crippen LogP contribution in [0.5, 0.6) is 5.75 Å². The van der Waals surface area contributed by atoms with Gasteiger partial charge in [-0.3, -0.25) is 4.79 Å². The highest BCUT2D eigenvalue weighted by molar-refractivity contribution is 6.09. The molecule has 0 fully saturated rings. The number of benzene rings is 2. The van der Waals surface area contributed by atoms with Gasteiger partial charge in [-0.15, -0.1) is 6.58 Å². The number of halogens is 1. The number of ether oxygens (including phenoxy) is 1. The molecule has 4 nitrogen and oxygen atoms in total. The Kier molecular flexibility index (Phi) is 6.69. The van der Waals surface area contributed by atoms with Gasteiger partial charge in [0.1, 0.15) is 23.2 Å². The summed E-state index contributed by atoms with van der Waals surface area (Å²) in [6, 6.07) is 13.0. The van der Waals surface area contributed by atoms with E-state index < -0.39 is 11.7 Å². The van der Waals surface area contributed by atoms with Crippen molar-refractivity contribution in [1.82, 2.24) is 0 Å². The number of nitriles is 1. The normalized spacial score (nSPS) is 10.7. The molecule has 0 aliphatic rings. The molecule has 0 bridgehead atoms. The Morgan fingerprint density at radius 2 is 2.12 bits per heavy atom. The van der Waals surface area contributed by atoms with E-state index in [0.717, 1.165) is 11.3 Å². The fraction of sp³-hybridized carbons (Fsp3) is 0.143. The maximum Gasteiger partial charge on any atom is 0.266 e. The Balaban J connectivity index is 2.29. The lowest BCUT2D eigenvalue weighted by molar-refractivity contribution is -0.112. The van der Waals surface area contributed by atoms with Crippen LogP contribution in [-0.4, -0.2) is 12.5 Å². The Labute approximate surface area is 152 Å². The van der Waals surface area contributed by atoms with Crippen LogP contribution in [0.3, 0.4) is 0 Å². The monoisotopic (exact) mass is 350 g/mol. The number of allylic oxidation sites excluding steroid dienone is 1. The lowest BCUT2D eigenvalue weighted by Crippen LogP contribution is -2.14. The molecule has 0 aromatic heterocycles. The smallest absolute Gasteiger partial charge is 0.266 e. The van der Waals surface area contributed by atoms with Crippen molar-refractivity contribution in [2.24, 2.45) is 0 Å². The van der Waals surface area contributed by atoms with E-state index in [0.29, 0.717) is 18.6 Å². The third-order valence-corrected chi connectivity index (χ3v) is 3.55. The molecule has 0 spiro atoms. The fourth-order valence-electron chi connectivity index (χ4n) is 2.37. The van der Waals surface area contributed by atoms with Gasteiger partial charge in [0.2, 0.25) is 0 Å². The highest BCUT2D eigenvalue weighted by Gasteiger charge is 2.12. The van der Waals surface area contributed by atoms with Crippen molar-refractivity contribution in [3.8, 4) is 11.8 Å². The predicted molar refractivity (Wildman–Crippen MR) is 100 cm³/mol. The maximum atomic E-state index is 13.7. The largest absolute Gasteiger partial charge is 0.494 e. The van der Waals surface area contributed by atoms with Gasteiger partial charge in [-0.25, -0.2) is 4.39 Å². The van der Waals surface area contributed by atoms with Crippen molar-refractivity contribution in [2.45, 2.75) is 13.3 Å². The maximum absolute atomic E-state index is 13.7. The van der Waals surface area contributed by atoms with Gasteiger partial charge in [-0.05, 0) is 54.8 Å². The number of hydrogen-bond acceptors (Lipinski definition) is 3. The topological polar surface area (TPSA) is 62.1 Å². The number of carbonyl (C=O) groups is 1. The first kappa shape index (κ1) is 18.9. The van der Waals surface area contributed by atoms with Gasteiger partial charge in [-0.2, -0.15) is 5.26 Å². The highest BCUT2D eigenvalue weighted by Crippen LogP contribution is 2.23. The van der Waals surface area contributed by atoms with Crippen LogP contribution in [0.4, 0.5) is 10.1 Å². The van der Waals surface area contributed by atoms with Gasteiger partial charge in [0.25, 0.3) is 5.91 Å². The molecule has 0 saturated carbocycles. The number of nitrogens with zero attached hydrogens (tertiary/aromatic N) is 1. The summed E-state index contributed by atoms with van der Waals surface area (Å²) in [6.07, 6.45) is 3.81. The Bertz CT molecular complexity index is 882. The number of rotatable bonds is 7. The molecule has 1 amide bonds. The highest BCUT2D eigenvalue weighted by atomic mass is 19.1. The second kappa shape index (κ2) is 9.19. The van der Waals surface area contributed by atoms with Crippen molar-refractivity contribution >= 4 is 17.7 Å². The van der Waals surface area contributed by atoms with Gasteiger partial charge in [0.15, 0.2) is 0 Å². The summed E-state index contributed by atoms with van der Waals surface area (Å²) in [6.45, 7) is 6.16. The zero-order chi connectivity index (χ0) is 18.9. The summed E-state index contributed by atoms with van der Waals surface area (Å²) in [5.74, 6) is -0.497. The minimum Gasteiger partial charge on any atom is -0.494 e. The second-order valence-electron chi connectivity index (χ2n) is 5.40. The molecular weight excluding hydrogens is 331 g/mol. The first-order chi connectivity index (χ1) is 12.6. The lowest BCUT2D eigenvalue weighted by Gasteiger charge is -2.10. The van der Waals surface area contributed by atoms with Gasteiger partial charge in [0, 0.05) is 0 Å².